The van der Waals surface area contributed by atoms with Crippen LogP contribution in [0.25, 0.3) is 11.3 Å². The number of ether oxygens (including phenoxy) is 1. The van der Waals surface area contributed by atoms with E-state index in [0.717, 1.165) is 5.56 Å². The molecule has 2 aromatic carbocycles. The maximum atomic E-state index is 13.2. The van der Waals surface area contributed by atoms with Crippen LogP contribution in [0.3, 0.4) is 0 Å². The number of benzene rings is 2. The van der Waals surface area contributed by atoms with Crippen LogP contribution >= 0.6 is 0 Å². The second-order valence-electron chi connectivity index (χ2n) is 7.26. The van der Waals surface area contributed by atoms with Crippen molar-refractivity contribution in [3.8, 4) is 11.3 Å². The number of nitrogens with zero attached hydrogens (tertiary/aromatic N) is 2. The normalized spacial score (nSPS) is 14.8. The lowest BCUT2D eigenvalue weighted by Gasteiger charge is -2.27. The summed E-state index contributed by atoms with van der Waals surface area (Å²) in [6.45, 7) is 2.91. The van der Waals surface area contributed by atoms with Gasteiger partial charge in [-0.05, 0) is 25.1 Å². The molecule has 1 aliphatic heterocycles. The van der Waals surface area contributed by atoms with Crippen molar-refractivity contribution in [1.29, 1.82) is 0 Å². The number of amides is 1. The maximum Gasteiger partial charge on any atom is 0.255 e. The first-order valence-corrected chi connectivity index (χ1v) is 11.6. The average Bonchev–Trinajstić information content (AvgIpc) is 3.19. The van der Waals surface area contributed by atoms with E-state index in [-0.39, 0.29) is 23.5 Å². The van der Waals surface area contributed by atoms with E-state index in [2.05, 4.69) is 15.8 Å². The Morgan fingerprint density at radius 2 is 1.81 bits per heavy atom. The van der Waals surface area contributed by atoms with Crippen LogP contribution in [0.15, 0.2) is 57.9 Å². The van der Waals surface area contributed by atoms with Gasteiger partial charge in [0.2, 0.25) is 10.0 Å². The zero-order valence-electron chi connectivity index (χ0n) is 17.8. The van der Waals surface area contributed by atoms with E-state index in [4.69, 9.17) is 9.26 Å². The molecular formula is C22H24N4O5S. The van der Waals surface area contributed by atoms with Crippen molar-refractivity contribution in [2.24, 2.45) is 0 Å². The number of anilines is 2. The fraction of sp³-hybridized carbons (Fsp3) is 0.273. The van der Waals surface area contributed by atoms with Crippen LogP contribution in [0.2, 0.25) is 0 Å². The lowest BCUT2D eigenvalue weighted by atomic mass is 10.1. The predicted molar refractivity (Wildman–Crippen MR) is 120 cm³/mol. The molecule has 0 saturated carbocycles. The van der Waals surface area contributed by atoms with Crippen molar-refractivity contribution in [3.05, 3.63) is 59.9 Å². The van der Waals surface area contributed by atoms with Gasteiger partial charge in [0.05, 0.1) is 18.9 Å². The molecule has 0 aliphatic carbocycles. The molecule has 0 unspecified atom stereocenters. The van der Waals surface area contributed by atoms with Crippen LogP contribution in [0.5, 0.6) is 0 Å². The lowest BCUT2D eigenvalue weighted by Crippen LogP contribution is -2.40. The summed E-state index contributed by atoms with van der Waals surface area (Å²) in [4.78, 5) is 13.1. The van der Waals surface area contributed by atoms with Crippen LogP contribution in [0.4, 0.5) is 11.4 Å². The van der Waals surface area contributed by atoms with E-state index in [0.29, 0.717) is 36.0 Å². The Hall–Kier alpha value is -3.21. The fourth-order valence-electron chi connectivity index (χ4n) is 3.51. The first-order valence-electron chi connectivity index (χ1n) is 10.1. The minimum atomic E-state index is -3.80. The van der Waals surface area contributed by atoms with E-state index < -0.39 is 15.9 Å². The Balaban J connectivity index is 1.66. The number of hydrogen-bond acceptors (Lipinski definition) is 7. The molecule has 1 aromatic heterocycles. The number of sulfonamides is 1. The first-order chi connectivity index (χ1) is 15.4. The van der Waals surface area contributed by atoms with Gasteiger partial charge >= 0.3 is 0 Å². The van der Waals surface area contributed by atoms with Gasteiger partial charge in [-0.2, -0.15) is 4.31 Å². The Labute approximate surface area is 186 Å². The Bertz CT molecular complexity index is 1220. The Kier molecular flexibility index (Phi) is 6.26. The molecule has 0 atom stereocenters. The number of carbonyl (C=O) groups excluding carboxylic acids is 1. The van der Waals surface area contributed by atoms with Gasteiger partial charge in [-0.1, -0.05) is 35.5 Å². The molecular weight excluding hydrogens is 432 g/mol. The maximum absolute atomic E-state index is 13.2. The molecule has 9 nitrogen and oxygen atoms in total. The summed E-state index contributed by atoms with van der Waals surface area (Å²) in [7, 11) is -2.16. The molecule has 1 amide bonds. The van der Waals surface area contributed by atoms with Crippen LogP contribution in [0, 0.1) is 6.92 Å². The van der Waals surface area contributed by atoms with Gasteiger partial charge in [0.25, 0.3) is 5.91 Å². The van der Waals surface area contributed by atoms with Gasteiger partial charge < -0.3 is 19.9 Å². The highest BCUT2D eigenvalue weighted by Crippen LogP contribution is 2.31. The number of nitrogens with one attached hydrogen (secondary N) is 2. The van der Waals surface area contributed by atoms with Crippen LogP contribution in [-0.4, -0.2) is 57.1 Å². The summed E-state index contributed by atoms with van der Waals surface area (Å²) in [5, 5.41) is 9.79. The van der Waals surface area contributed by atoms with Gasteiger partial charge in [0.15, 0.2) is 5.76 Å². The van der Waals surface area contributed by atoms with Crippen molar-refractivity contribution in [1.82, 2.24) is 9.46 Å². The van der Waals surface area contributed by atoms with E-state index in [9.17, 15) is 13.2 Å². The number of morpholine rings is 1. The largest absolute Gasteiger partial charge is 0.387 e. The van der Waals surface area contributed by atoms with Crippen molar-refractivity contribution in [2.45, 2.75) is 11.8 Å². The molecule has 0 spiro atoms. The Morgan fingerprint density at radius 3 is 2.50 bits per heavy atom. The summed E-state index contributed by atoms with van der Waals surface area (Å²) in [6.07, 6.45) is 0. The molecule has 32 heavy (non-hydrogen) atoms. The van der Waals surface area contributed by atoms with Crippen LogP contribution < -0.4 is 10.6 Å². The van der Waals surface area contributed by atoms with Gasteiger partial charge in [0.1, 0.15) is 16.3 Å². The quantitative estimate of drug-likeness (QED) is 0.586. The number of carbonyl (C=O) groups is 1. The smallest absolute Gasteiger partial charge is 0.255 e. The average molecular weight is 457 g/mol. The second-order valence-corrected chi connectivity index (χ2v) is 9.17. The molecule has 1 aliphatic rings. The van der Waals surface area contributed by atoms with Crippen molar-refractivity contribution in [2.75, 3.05) is 44.0 Å². The fourth-order valence-corrected chi connectivity index (χ4v) is 5.14. The third-order valence-corrected chi connectivity index (χ3v) is 7.19. The topological polar surface area (TPSA) is 114 Å². The highest BCUT2D eigenvalue weighted by molar-refractivity contribution is 7.89. The van der Waals surface area contributed by atoms with Gasteiger partial charge in [-0.15, -0.1) is 0 Å². The zero-order valence-corrected chi connectivity index (χ0v) is 18.6. The zero-order chi connectivity index (χ0) is 22.7. The van der Waals surface area contributed by atoms with Crippen LogP contribution in [-0.2, 0) is 14.8 Å². The molecule has 0 radical (unpaired) electrons. The number of aryl methyl sites for hydroxylation is 1. The molecule has 3 aromatic rings. The summed E-state index contributed by atoms with van der Waals surface area (Å²) in [5.74, 6) is -0.0141. The van der Waals surface area contributed by atoms with Crippen molar-refractivity contribution < 1.29 is 22.5 Å². The molecule has 0 bridgehead atoms. The molecule has 1 saturated heterocycles. The lowest BCUT2D eigenvalue weighted by molar-refractivity contribution is 0.0730. The SMILES string of the molecule is CNc1ccc(C(=O)Nc2c(-c3ccccc3)noc2C)cc1S(=O)(=O)N1CCOCC1. The molecule has 168 valence electrons. The van der Waals surface area contributed by atoms with Crippen LogP contribution in [0.1, 0.15) is 16.1 Å². The van der Waals surface area contributed by atoms with Gasteiger partial charge in [-0.25, -0.2) is 8.42 Å². The number of hydrogen-bond donors (Lipinski definition) is 2. The predicted octanol–water partition coefficient (Wildman–Crippen LogP) is 2.96. The first kappa shape index (κ1) is 22.0. The summed E-state index contributed by atoms with van der Waals surface area (Å²) >= 11 is 0. The standard InChI is InChI=1S/C22H24N4O5S/c1-15-20(21(25-31-15)16-6-4-3-5-7-16)24-22(27)17-8-9-18(23-2)19(14-17)32(28,29)26-10-12-30-13-11-26/h3-9,14,23H,10-13H2,1-2H3,(H,24,27). The summed E-state index contributed by atoms with van der Waals surface area (Å²) in [5.41, 5.74) is 2.36. The van der Waals surface area contributed by atoms with E-state index >= 15 is 0 Å². The van der Waals surface area contributed by atoms with E-state index in [1.165, 1.54) is 10.4 Å². The Morgan fingerprint density at radius 1 is 1.09 bits per heavy atom. The third kappa shape index (κ3) is 4.24. The second kappa shape index (κ2) is 9.11. The molecule has 2 heterocycles. The number of aromatic nitrogens is 1. The summed E-state index contributed by atoms with van der Waals surface area (Å²) < 4.78 is 38.4. The third-order valence-electron chi connectivity index (χ3n) is 5.25. The highest BCUT2D eigenvalue weighted by Gasteiger charge is 2.29. The number of rotatable bonds is 6. The molecule has 1 fully saturated rings. The van der Waals surface area contributed by atoms with Gasteiger partial charge in [0, 0.05) is 31.3 Å². The van der Waals surface area contributed by atoms with Crippen molar-refractivity contribution in [3.63, 3.8) is 0 Å². The molecule has 10 heteroatoms. The van der Waals surface area contributed by atoms with Gasteiger partial charge in [-0.3, -0.25) is 4.79 Å². The molecule has 4 rings (SSSR count). The monoisotopic (exact) mass is 456 g/mol. The van der Waals surface area contributed by atoms with Crippen molar-refractivity contribution >= 4 is 27.3 Å². The summed E-state index contributed by atoms with van der Waals surface area (Å²) in [6, 6.07) is 13.9. The minimum Gasteiger partial charge on any atom is -0.387 e. The highest BCUT2D eigenvalue weighted by atomic mass is 32.2. The minimum absolute atomic E-state index is 0.0415. The molecule has 2 N–H and O–H groups in total. The van der Waals surface area contributed by atoms with E-state index in [1.54, 1.807) is 26.1 Å². The van der Waals surface area contributed by atoms with E-state index in [1.807, 2.05) is 30.3 Å².